The Morgan fingerprint density at radius 1 is 0.905 bits per heavy atom. The summed E-state index contributed by atoms with van der Waals surface area (Å²) in [6.07, 6.45) is 2.04. The van der Waals surface area contributed by atoms with Crippen molar-refractivity contribution in [2.45, 2.75) is 24.4 Å². The van der Waals surface area contributed by atoms with Crippen LogP contribution in [0.2, 0.25) is 5.02 Å². The number of methoxy groups -OCH3 is 1. The second kappa shape index (κ2) is 9.71. The van der Waals surface area contributed by atoms with Crippen LogP contribution in [0.3, 0.4) is 0 Å². The Hall–Kier alpha value is -4.68. The van der Waals surface area contributed by atoms with E-state index in [9.17, 15) is 14.4 Å². The van der Waals surface area contributed by atoms with Crippen LogP contribution in [-0.4, -0.2) is 36.7 Å². The minimum absolute atomic E-state index is 0.292. The van der Waals surface area contributed by atoms with Gasteiger partial charge in [0.1, 0.15) is 17.2 Å². The van der Waals surface area contributed by atoms with Crippen LogP contribution < -0.4 is 15.0 Å². The third-order valence-corrected chi connectivity index (χ3v) is 9.26. The molecular weight excluding hydrogens is 548 g/mol. The number of Topliss-reactive ketones (excluding diaryl/α,β-unsaturated/α-hetero) is 2. The molecule has 1 spiro atoms. The first-order chi connectivity index (χ1) is 20.4. The number of allylic oxidation sites excluding steroid dienone is 1. The molecule has 0 bridgehead atoms. The van der Waals surface area contributed by atoms with Gasteiger partial charge in [0, 0.05) is 28.1 Å². The summed E-state index contributed by atoms with van der Waals surface area (Å²) in [4.78, 5) is 46.2. The number of rotatable bonds is 5. The summed E-state index contributed by atoms with van der Waals surface area (Å²) in [6, 6.07) is 27.4. The van der Waals surface area contributed by atoms with E-state index in [1.54, 1.807) is 48.5 Å². The third kappa shape index (κ3) is 3.55. The van der Waals surface area contributed by atoms with E-state index in [0.717, 1.165) is 16.8 Å². The van der Waals surface area contributed by atoms with E-state index in [-0.39, 0.29) is 17.5 Å². The molecule has 6 nitrogen and oxygen atoms in total. The standard InChI is InChI=1S/C35H27ClN2O4/c1-20-18-29-35(25-14-5-7-16-27(25)37-34(35)41)30(32(39)21-10-9-11-22(19-21)42-2)31(33(40)24-13-3-6-15-26(24)36)38(29)28-17-8-4-12-23(20)28/h3-19,29-31H,1-2H3,(H,37,41)/t29-,30+,31+,35-/m1/s1. The Morgan fingerprint density at radius 2 is 1.64 bits per heavy atom. The van der Waals surface area contributed by atoms with Crippen LogP contribution in [0.5, 0.6) is 5.75 Å². The first kappa shape index (κ1) is 26.2. The van der Waals surface area contributed by atoms with E-state index in [1.807, 2.05) is 66.4 Å². The van der Waals surface area contributed by atoms with Crippen LogP contribution in [0.4, 0.5) is 11.4 Å². The molecule has 1 amide bonds. The van der Waals surface area contributed by atoms with Crippen molar-refractivity contribution >= 4 is 46.0 Å². The molecule has 42 heavy (non-hydrogen) atoms. The van der Waals surface area contributed by atoms with Crippen molar-refractivity contribution < 1.29 is 19.1 Å². The van der Waals surface area contributed by atoms with Crippen LogP contribution in [0, 0.1) is 5.92 Å². The number of benzene rings is 4. The number of halogens is 1. The molecule has 0 aliphatic carbocycles. The van der Waals surface area contributed by atoms with Crippen molar-refractivity contribution in [1.29, 1.82) is 0 Å². The molecule has 0 aromatic heterocycles. The summed E-state index contributed by atoms with van der Waals surface area (Å²) in [5.74, 6) is -1.51. The first-order valence-corrected chi connectivity index (χ1v) is 14.2. The average Bonchev–Trinajstić information content (AvgIpc) is 3.49. The van der Waals surface area contributed by atoms with Gasteiger partial charge in [0.25, 0.3) is 0 Å². The number of nitrogens with zero attached hydrogens (tertiary/aromatic N) is 1. The Labute approximate surface area is 248 Å². The number of amides is 1. The molecule has 7 heteroatoms. The van der Waals surface area contributed by atoms with Gasteiger partial charge in [-0.2, -0.15) is 0 Å². The molecular formula is C35H27ClN2O4. The summed E-state index contributed by atoms with van der Waals surface area (Å²) in [7, 11) is 1.54. The zero-order valence-electron chi connectivity index (χ0n) is 23.0. The van der Waals surface area contributed by atoms with E-state index in [0.29, 0.717) is 33.1 Å². The number of ketones is 2. The SMILES string of the molecule is COc1cccc(C(=O)[C@@H]2[C@@H](C(=O)c3ccccc3Cl)N3c4ccccc4C(C)=C[C@@H]3[C@@]23C(=O)Nc2ccccc23)c1. The number of ether oxygens (including phenoxy) is 1. The van der Waals surface area contributed by atoms with Gasteiger partial charge in [0.15, 0.2) is 11.6 Å². The van der Waals surface area contributed by atoms with Crippen LogP contribution in [0.15, 0.2) is 103 Å². The average molecular weight is 575 g/mol. The molecule has 3 aliphatic heterocycles. The summed E-state index contributed by atoms with van der Waals surface area (Å²) in [5, 5.41) is 3.35. The second-order valence-electron chi connectivity index (χ2n) is 11.0. The highest BCUT2D eigenvalue weighted by Crippen LogP contribution is 2.59. The Bertz CT molecular complexity index is 1830. The number of anilines is 2. The maximum Gasteiger partial charge on any atom is 0.238 e. The van der Waals surface area contributed by atoms with E-state index in [4.69, 9.17) is 16.3 Å². The molecule has 7 rings (SSSR count). The maximum absolute atomic E-state index is 14.9. The lowest BCUT2D eigenvalue weighted by Gasteiger charge is -2.39. The van der Waals surface area contributed by atoms with Crippen molar-refractivity contribution in [2.75, 3.05) is 17.3 Å². The molecule has 0 saturated carbocycles. The van der Waals surface area contributed by atoms with Gasteiger partial charge in [-0.1, -0.05) is 78.3 Å². The lowest BCUT2D eigenvalue weighted by molar-refractivity contribution is -0.121. The minimum Gasteiger partial charge on any atom is -0.497 e. The highest BCUT2D eigenvalue weighted by atomic mass is 35.5. The molecule has 4 aromatic carbocycles. The van der Waals surface area contributed by atoms with Gasteiger partial charge in [-0.05, 0) is 54.5 Å². The monoisotopic (exact) mass is 574 g/mol. The summed E-state index contributed by atoms with van der Waals surface area (Å²) < 4.78 is 5.44. The normalized spacial score (nSPS) is 23.5. The highest BCUT2D eigenvalue weighted by Gasteiger charge is 2.70. The van der Waals surface area contributed by atoms with Crippen LogP contribution in [0.1, 0.15) is 38.8 Å². The smallest absolute Gasteiger partial charge is 0.238 e. The fourth-order valence-corrected chi connectivity index (χ4v) is 7.39. The topological polar surface area (TPSA) is 75.7 Å². The predicted molar refractivity (Wildman–Crippen MR) is 163 cm³/mol. The fourth-order valence-electron chi connectivity index (χ4n) is 7.16. The van der Waals surface area contributed by atoms with Crippen LogP contribution in [-0.2, 0) is 10.2 Å². The van der Waals surface area contributed by atoms with Gasteiger partial charge in [0.2, 0.25) is 5.91 Å². The van der Waals surface area contributed by atoms with Crippen molar-refractivity contribution in [3.8, 4) is 5.75 Å². The molecule has 0 radical (unpaired) electrons. The Kier molecular flexibility index (Phi) is 6.06. The van der Waals surface area contributed by atoms with Gasteiger partial charge < -0.3 is 15.0 Å². The van der Waals surface area contributed by atoms with E-state index in [1.165, 1.54) is 7.11 Å². The molecule has 208 valence electrons. The quantitative estimate of drug-likeness (QED) is 0.272. The molecule has 4 atom stereocenters. The highest BCUT2D eigenvalue weighted by molar-refractivity contribution is 6.34. The summed E-state index contributed by atoms with van der Waals surface area (Å²) in [6.45, 7) is 2.00. The Morgan fingerprint density at radius 3 is 2.45 bits per heavy atom. The van der Waals surface area contributed by atoms with Crippen molar-refractivity contribution in [3.05, 3.63) is 130 Å². The van der Waals surface area contributed by atoms with Gasteiger partial charge >= 0.3 is 0 Å². The molecule has 1 fully saturated rings. The third-order valence-electron chi connectivity index (χ3n) is 8.93. The van der Waals surface area contributed by atoms with Gasteiger partial charge in [-0.25, -0.2) is 0 Å². The fraction of sp³-hybridized carbons (Fsp3) is 0.171. The zero-order valence-corrected chi connectivity index (χ0v) is 23.8. The van der Waals surface area contributed by atoms with Crippen molar-refractivity contribution in [1.82, 2.24) is 0 Å². The molecule has 3 heterocycles. The van der Waals surface area contributed by atoms with Gasteiger partial charge in [-0.3, -0.25) is 14.4 Å². The van der Waals surface area contributed by atoms with Crippen LogP contribution >= 0.6 is 11.6 Å². The second-order valence-corrected chi connectivity index (χ2v) is 11.4. The number of carbonyl (C=O) groups excluding carboxylic acids is 3. The van der Waals surface area contributed by atoms with E-state index in [2.05, 4.69) is 5.32 Å². The Balaban J connectivity index is 1.56. The van der Waals surface area contributed by atoms with Crippen molar-refractivity contribution in [3.63, 3.8) is 0 Å². The molecule has 0 unspecified atom stereocenters. The number of fused-ring (bicyclic) bond motifs is 6. The van der Waals surface area contributed by atoms with E-state index < -0.39 is 23.4 Å². The van der Waals surface area contributed by atoms with Gasteiger partial charge in [-0.15, -0.1) is 0 Å². The summed E-state index contributed by atoms with van der Waals surface area (Å²) >= 11 is 6.61. The van der Waals surface area contributed by atoms with Gasteiger partial charge in [0.05, 0.1) is 24.1 Å². The predicted octanol–water partition coefficient (Wildman–Crippen LogP) is 6.59. The maximum atomic E-state index is 14.9. The lowest BCUT2D eigenvalue weighted by Crippen LogP contribution is -2.51. The van der Waals surface area contributed by atoms with Crippen molar-refractivity contribution in [2.24, 2.45) is 5.92 Å². The molecule has 4 aromatic rings. The van der Waals surface area contributed by atoms with Crippen LogP contribution in [0.25, 0.3) is 5.57 Å². The number of nitrogens with one attached hydrogen (secondary N) is 1. The zero-order chi connectivity index (χ0) is 29.2. The first-order valence-electron chi connectivity index (χ1n) is 13.8. The largest absolute Gasteiger partial charge is 0.497 e. The minimum atomic E-state index is -1.40. The summed E-state index contributed by atoms with van der Waals surface area (Å²) in [5.41, 5.74) is 3.33. The van der Waals surface area contributed by atoms with E-state index >= 15 is 0 Å². The number of para-hydroxylation sites is 2. The number of hydrogen-bond acceptors (Lipinski definition) is 5. The number of hydrogen-bond donors (Lipinski definition) is 1. The molecule has 1 saturated heterocycles. The molecule has 1 N–H and O–H groups in total. The number of carbonyl (C=O) groups is 3. The lowest BCUT2D eigenvalue weighted by atomic mass is 9.64. The molecule has 3 aliphatic rings.